The van der Waals surface area contributed by atoms with E-state index in [0.717, 1.165) is 12.8 Å². The predicted molar refractivity (Wildman–Crippen MR) is 32.0 cm³/mol. The number of hydrogen-bond donors (Lipinski definition) is 1. The Morgan fingerprint density at radius 2 is 2.44 bits per heavy atom. The maximum atomic E-state index is 8.60. The minimum Gasteiger partial charge on any atom is -0.394 e. The molecule has 0 aromatic heterocycles. The molecule has 1 heterocycles. The van der Waals surface area contributed by atoms with Crippen molar-refractivity contribution in [2.75, 3.05) is 13.7 Å². The zero-order valence-corrected chi connectivity index (χ0v) is 5.54. The molecule has 0 unspecified atom stereocenters. The first-order valence-corrected chi connectivity index (χ1v) is 3.16. The molecule has 1 N–H and O–H groups in total. The van der Waals surface area contributed by atoms with Gasteiger partial charge in [0, 0.05) is 13.5 Å². The average molecular weight is 132 g/mol. The number of methoxy groups -OCH3 is 1. The first-order valence-electron chi connectivity index (χ1n) is 3.16. The fourth-order valence-electron chi connectivity index (χ4n) is 0.980. The summed E-state index contributed by atoms with van der Waals surface area (Å²) < 4.78 is 10.1. The van der Waals surface area contributed by atoms with Crippen LogP contribution in [0.1, 0.15) is 12.8 Å². The van der Waals surface area contributed by atoms with Gasteiger partial charge in [-0.2, -0.15) is 0 Å². The highest BCUT2D eigenvalue weighted by Crippen LogP contribution is 2.18. The largest absolute Gasteiger partial charge is 0.394 e. The van der Waals surface area contributed by atoms with Gasteiger partial charge >= 0.3 is 0 Å². The SMILES string of the molecule is CO[C@@H]1CC[C@@H](CO)O1. The summed E-state index contributed by atoms with van der Waals surface area (Å²) in [6.07, 6.45) is 1.74. The van der Waals surface area contributed by atoms with Crippen LogP contribution < -0.4 is 0 Å². The van der Waals surface area contributed by atoms with Crippen LogP contribution in [0, 0.1) is 0 Å². The second kappa shape index (κ2) is 3.15. The molecule has 0 aliphatic carbocycles. The molecular weight excluding hydrogens is 120 g/mol. The van der Waals surface area contributed by atoms with Gasteiger partial charge in [-0.1, -0.05) is 0 Å². The van der Waals surface area contributed by atoms with Crippen molar-refractivity contribution in [2.24, 2.45) is 0 Å². The third-order valence-electron chi connectivity index (χ3n) is 1.54. The predicted octanol–water partition coefficient (Wildman–Crippen LogP) is 0.130. The van der Waals surface area contributed by atoms with E-state index in [0.29, 0.717) is 0 Å². The summed E-state index contributed by atoms with van der Waals surface area (Å²) in [5.41, 5.74) is 0. The Morgan fingerprint density at radius 1 is 1.67 bits per heavy atom. The van der Waals surface area contributed by atoms with Crippen molar-refractivity contribution in [2.45, 2.75) is 25.2 Å². The van der Waals surface area contributed by atoms with E-state index in [-0.39, 0.29) is 19.0 Å². The molecule has 1 aliphatic heterocycles. The Kier molecular flexibility index (Phi) is 2.45. The van der Waals surface area contributed by atoms with E-state index in [2.05, 4.69) is 0 Å². The van der Waals surface area contributed by atoms with E-state index in [1.165, 1.54) is 0 Å². The second-order valence-electron chi connectivity index (χ2n) is 2.18. The molecule has 0 spiro atoms. The average Bonchev–Trinajstić information content (AvgIpc) is 2.34. The molecule has 1 rings (SSSR count). The number of aliphatic hydroxyl groups is 1. The first-order chi connectivity index (χ1) is 4.36. The van der Waals surface area contributed by atoms with Gasteiger partial charge in [-0.25, -0.2) is 0 Å². The number of hydrogen-bond acceptors (Lipinski definition) is 3. The Bertz CT molecular complexity index is 74.4. The van der Waals surface area contributed by atoms with E-state index in [1.807, 2.05) is 0 Å². The van der Waals surface area contributed by atoms with Crippen LogP contribution >= 0.6 is 0 Å². The van der Waals surface area contributed by atoms with Crippen molar-refractivity contribution >= 4 is 0 Å². The molecular formula is C6H12O3. The van der Waals surface area contributed by atoms with Crippen molar-refractivity contribution < 1.29 is 14.6 Å². The second-order valence-corrected chi connectivity index (χ2v) is 2.18. The highest BCUT2D eigenvalue weighted by atomic mass is 16.7. The van der Waals surface area contributed by atoms with E-state index in [9.17, 15) is 0 Å². The van der Waals surface area contributed by atoms with Crippen molar-refractivity contribution in [3.63, 3.8) is 0 Å². The van der Waals surface area contributed by atoms with E-state index in [4.69, 9.17) is 14.6 Å². The van der Waals surface area contributed by atoms with Gasteiger partial charge in [0.25, 0.3) is 0 Å². The van der Waals surface area contributed by atoms with Crippen molar-refractivity contribution in [1.29, 1.82) is 0 Å². The van der Waals surface area contributed by atoms with Crippen molar-refractivity contribution in [1.82, 2.24) is 0 Å². The quantitative estimate of drug-likeness (QED) is 0.580. The lowest BCUT2D eigenvalue weighted by Gasteiger charge is -2.08. The molecule has 0 radical (unpaired) electrons. The topological polar surface area (TPSA) is 38.7 Å². The van der Waals surface area contributed by atoms with Crippen LogP contribution in [0.3, 0.4) is 0 Å². The van der Waals surface area contributed by atoms with E-state index >= 15 is 0 Å². The molecule has 0 bridgehead atoms. The number of rotatable bonds is 2. The number of aliphatic hydroxyl groups excluding tert-OH is 1. The lowest BCUT2D eigenvalue weighted by Crippen LogP contribution is -2.15. The molecule has 0 saturated carbocycles. The summed E-state index contributed by atoms with van der Waals surface area (Å²) in [7, 11) is 1.62. The summed E-state index contributed by atoms with van der Waals surface area (Å²) in [6.45, 7) is 0.111. The van der Waals surface area contributed by atoms with Gasteiger partial charge in [-0.05, 0) is 6.42 Å². The van der Waals surface area contributed by atoms with Gasteiger partial charge < -0.3 is 14.6 Å². The first kappa shape index (κ1) is 6.99. The van der Waals surface area contributed by atoms with Crippen LogP contribution in [-0.2, 0) is 9.47 Å². The standard InChI is InChI=1S/C6H12O3/c1-8-6-3-2-5(4-7)9-6/h5-7H,2-4H2,1H3/t5-,6-/m0/s1. The fraction of sp³-hybridized carbons (Fsp3) is 1.00. The zero-order chi connectivity index (χ0) is 6.69. The maximum Gasteiger partial charge on any atom is 0.157 e. The third kappa shape index (κ3) is 1.64. The molecule has 0 aromatic carbocycles. The molecule has 3 nitrogen and oxygen atoms in total. The van der Waals surface area contributed by atoms with Crippen LogP contribution in [0.2, 0.25) is 0 Å². The smallest absolute Gasteiger partial charge is 0.157 e. The summed E-state index contributed by atoms with van der Waals surface area (Å²) >= 11 is 0. The van der Waals surface area contributed by atoms with Crippen LogP contribution in [0.5, 0.6) is 0 Å². The lowest BCUT2D eigenvalue weighted by molar-refractivity contribution is -0.122. The fourth-order valence-corrected chi connectivity index (χ4v) is 0.980. The molecule has 9 heavy (non-hydrogen) atoms. The molecule has 1 aliphatic rings. The lowest BCUT2D eigenvalue weighted by atomic mass is 10.2. The Morgan fingerprint density at radius 3 is 2.78 bits per heavy atom. The van der Waals surface area contributed by atoms with Gasteiger partial charge in [0.15, 0.2) is 6.29 Å². The summed E-state index contributed by atoms with van der Waals surface area (Å²) in [5, 5.41) is 8.60. The maximum absolute atomic E-state index is 8.60. The Hall–Kier alpha value is -0.120. The van der Waals surface area contributed by atoms with Gasteiger partial charge in [0.2, 0.25) is 0 Å². The highest BCUT2D eigenvalue weighted by molar-refractivity contribution is 4.65. The summed E-state index contributed by atoms with van der Waals surface area (Å²) in [5.74, 6) is 0. The van der Waals surface area contributed by atoms with Gasteiger partial charge in [-0.15, -0.1) is 0 Å². The Balaban J connectivity index is 2.20. The summed E-state index contributed by atoms with van der Waals surface area (Å²) in [6, 6.07) is 0. The number of ether oxygens (including phenoxy) is 2. The Labute approximate surface area is 54.6 Å². The summed E-state index contributed by atoms with van der Waals surface area (Å²) in [4.78, 5) is 0. The van der Waals surface area contributed by atoms with Crippen LogP contribution in [-0.4, -0.2) is 31.2 Å². The van der Waals surface area contributed by atoms with Crippen molar-refractivity contribution in [3.8, 4) is 0 Å². The molecule has 1 fully saturated rings. The van der Waals surface area contributed by atoms with Crippen LogP contribution in [0.15, 0.2) is 0 Å². The molecule has 0 amide bonds. The molecule has 2 atom stereocenters. The minimum atomic E-state index is -0.0813. The normalized spacial score (nSPS) is 35.3. The van der Waals surface area contributed by atoms with Gasteiger partial charge in [0.1, 0.15) is 0 Å². The highest BCUT2D eigenvalue weighted by Gasteiger charge is 2.23. The zero-order valence-electron chi connectivity index (χ0n) is 5.54. The van der Waals surface area contributed by atoms with Crippen LogP contribution in [0.25, 0.3) is 0 Å². The monoisotopic (exact) mass is 132 g/mol. The van der Waals surface area contributed by atoms with Crippen molar-refractivity contribution in [3.05, 3.63) is 0 Å². The minimum absolute atomic E-state index is 0.00921. The van der Waals surface area contributed by atoms with E-state index in [1.54, 1.807) is 7.11 Å². The molecule has 54 valence electrons. The van der Waals surface area contributed by atoms with Gasteiger partial charge in [0.05, 0.1) is 12.7 Å². The molecule has 0 aromatic rings. The van der Waals surface area contributed by atoms with Crippen LogP contribution in [0.4, 0.5) is 0 Å². The molecule has 3 heteroatoms. The van der Waals surface area contributed by atoms with E-state index < -0.39 is 0 Å². The third-order valence-corrected chi connectivity index (χ3v) is 1.54. The molecule has 1 saturated heterocycles. The van der Waals surface area contributed by atoms with Gasteiger partial charge in [-0.3, -0.25) is 0 Å².